The molecular weight excluding hydrogens is 462 g/mol. The Balaban J connectivity index is 0.000000559. The Morgan fingerprint density at radius 1 is 1.04 bits per heavy atom. The first-order chi connectivity index (χ1) is 12.5. The summed E-state index contributed by atoms with van der Waals surface area (Å²) in [6, 6.07) is 14.1. The summed E-state index contributed by atoms with van der Waals surface area (Å²) in [5.41, 5.74) is 7.56. The maximum Gasteiger partial charge on any atom is -0.109 e. The molecule has 0 radical (unpaired) electrons. The molecule has 28 heavy (non-hydrogen) atoms. The van der Waals surface area contributed by atoms with E-state index < -0.39 is 0 Å². The first-order valence-electron chi connectivity index (χ1n) is 8.71. The first kappa shape index (κ1) is 26.7. The number of hydrogen-bond donors (Lipinski definition) is 0. The molecule has 0 nitrogen and oxygen atoms in total. The SMILES string of the molecule is C=Cc1c[c-]c2c(c1)-c1cc(C=C)ccc1C2.C[C](C)=[Zr+2].[C-]1=CC=CC1.[Cl-].[Cl-]. The average molecular weight is 487 g/mol. The van der Waals surface area contributed by atoms with Crippen LogP contribution in [0, 0.1) is 12.1 Å². The van der Waals surface area contributed by atoms with Crippen LogP contribution in [0.25, 0.3) is 23.3 Å². The number of fused-ring (bicyclic) bond motifs is 3. The molecule has 0 heterocycles. The monoisotopic (exact) mass is 484 g/mol. The van der Waals surface area contributed by atoms with Gasteiger partial charge in [0.15, 0.2) is 0 Å². The summed E-state index contributed by atoms with van der Waals surface area (Å²) >= 11 is 1.55. The number of hydrogen-bond acceptors (Lipinski definition) is 0. The summed E-state index contributed by atoms with van der Waals surface area (Å²) in [6.07, 6.45) is 14.7. The van der Waals surface area contributed by atoms with Crippen LogP contribution >= 0.6 is 0 Å². The van der Waals surface area contributed by atoms with E-state index in [1.165, 1.54) is 31.0 Å². The fourth-order valence-corrected chi connectivity index (χ4v) is 2.70. The molecule has 0 fully saturated rings. The molecule has 2 aliphatic rings. The molecule has 0 amide bonds. The van der Waals surface area contributed by atoms with Crippen molar-refractivity contribution in [3.8, 4) is 11.1 Å². The van der Waals surface area contributed by atoms with Crippen molar-refractivity contribution in [2.45, 2.75) is 26.7 Å². The molecule has 0 unspecified atom stereocenters. The van der Waals surface area contributed by atoms with Crippen LogP contribution in [0.2, 0.25) is 0 Å². The molecule has 0 aliphatic heterocycles. The van der Waals surface area contributed by atoms with Gasteiger partial charge in [0.05, 0.1) is 0 Å². The van der Waals surface area contributed by atoms with Gasteiger partial charge in [0.25, 0.3) is 0 Å². The number of benzene rings is 2. The zero-order chi connectivity index (χ0) is 18.9. The van der Waals surface area contributed by atoms with Gasteiger partial charge in [0.2, 0.25) is 0 Å². The molecular formula is C25H24Cl2Zr-2. The molecule has 2 aromatic rings. The largest absolute Gasteiger partial charge is 1.00 e. The van der Waals surface area contributed by atoms with Gasteiger partial charge in [0, 0.05) is 0 Å². The number of halogens is 2. The van der Waals surface area contributed by atoms with Crippen molar-refractivity contribution in [2.24, 2.45) is 0 Å². The van der Waals surface area contributed by atoms with Gasteiger partial charge in [-0.25, -0.2) is 12.2 Å². The minimum atomic E-state index is 0. The summed E-state index contributed by atoms with van der Waals surface area (Å²) in [6.45, 7) is 11.9. The van der Waals surface area contributed by atoms with Gasteiger partial charge in [0.1, 0.15) is 0 Å². The number of allylic oxidation sites excluding steroid dienone is 4. The molecule has 0 bridgehead atoms. The van der Waals surface area contributed by atoms with Crippen molar-refractivity contribution in [3.63, 3.8) is 0 Å². The molecule has 2 aromatic carbocycles. The fraction of sp³-hybridized carbons (Fsp3) is 0.160. The van der Waals surface area contributed by atoms with Crippen LogP contribution in [-0.2, 0) is 30.7 Å². The second-order valence-electron chi connectivity index (χ2n) is 6.33. The summed E-state index contributed by atoms with van der Waals surface area (Å²) in [5, 5.41) is 0. The normalized spacial score (nSPS) is 11.3. The zero-order valence-corrected chi connectivity index (χ0v) is 20.3. The van der Waals surface area contributed by atoms with Gasteiger partial charge in [-0.15, -0.1) is 30.2 Å². The maximum atomic E-state index is 3.82. The number of rotatable bonds is 2. The van der Waals surface area contributed by atoms with Crippen molar-refractivity contribution < 1.29 is 49.0 Å². The van der Waals surface area contributed by atoms with E-state index in [0.717, 1.165) is 18.4 Å². The van der Waals surface area contributed by atoms with Gasteiger partial charge in [-0.2, -0.15) is 29.8 Å². The average Bonchev–Trinajstić information content (AvgIpc) is 3.31. The Bertz CT molecular complexity index is 807. The smallest absolute Gasteiger partial charge is 0.109 e. The Morgan fingerprint density at radius 2 is 1.68 bits per heavy atom. The molecule has 0 N–H and O–H groups in total. The molecule has 2 aliphatic carbocycles. The summed E-state index contributed by atoms with van der Waals surface area (Å²) in [4.78, 5) is 0. The van der Waals surface area contributed by atoms with Crippen molar-refractivity contribution in [1.82, 2.24) is 0 Å². The van der Waals surface area contributed by atoms with E-state index in [9.17, 15) is 0 Å². The second kappa shape index (κ2) is 13.8. The third-order valence-electron chi connectivity index (χ3n) is 3.90. The fourth-order valence-electron chi connectivity index (χ4n) is 2.70. The second-order valence-corrected chi connectivity index (χ2v) is 8.79. The van der Waals surface area contributed by atoms with Crippen LogP contribution in [0.1, 0.15) is 42.5 Å². The van der Waals surface area contributed by atoms with E-state index in [1.54, 1.807) is 24.2 Å². The maximum absolute atomic E-state index is 3.82. The quantitative estimate of drug-likeness (QED) is 0.461. The Morgan fingerprint density at radius 3 is 2.18 bits per heavy atom. The van der Waals surface area contributed by atoms with Gasteiger partial charge in [-0.05, 0) is 12.0 Å². The topological polar surface area (TPSA) is 0 Å². The van der Waals surface area contributed by atoms with Crippen molar-refractivity contribution >= 4 is 15.4 Å². The molecule has 144 valence electrons. The molecule has 0 saturated carbocycles. The van der Waals surface area contributed by atoms with Crippen LogP contribution in [0.4, 0.5) is 0 Å². The summed E-state index contributed by atoms with van der Waals surface area (Å²) < 4.78 is 1.51. The van der Waals surface area contributed by atoms with Gasteiger partial charge in [-0.1, -0.05) is 42.0 Å². The molecule has 4 rings (SSSR count). The zero-order valence-electron chi connectivity index (χ0n) is 16.4. The predicted molar refractivity (Wildman–Crippen MR) is 112 cm³/mol. The van der Waals surface area contributed by atoms with Crippen LogP contribution < -0.4 is 24.8 Å². The molecule has 0 atom stereocenters. The van der Waals surface area contributed by atoms with Crippen LogP contribution in [-0.4, -0.2) is 3.21 Å². The first-order valence-corrected chi connectivity index (χ1v) is 9.94. The van der Waals surface area contributed by atoms with Crippen LogP contribution in [0.3, 0.4) is 0 Å². The van der Waals surface area contributed by atoms with Crippen molar-refractivity contribution in [3.05, 3.63) is 96.1 Å². The van der Waals surface area contributed by atoms with Gasteiger partial charge < -0.3 is 24.8 Å². The molecule has 0 spiro atoms. The Labute approximate surface area is 197 Å². The summed E-state index contributed by atoms with van der Waals surface area (Å²) in [5.74, 6) is 0. The Kier molecular flexibility index (Phi) is 13.2. The van der Waals surface area contributed by atoms with E-state index in [2.05, 4.69) is 69.5 Å². The van der Waals surface area contributed by atoms with Crippen molar-refractivity contribution in [1.29, 1.82) is 0 Å². The minimum absolute atomic E-state index is 0. The standard InChI is InChI=1S/C17H13.C5H5.C3H6.2ClH.Zr/c1-3-12-5-7-14-11-15-8-6-13(4-2)10-17(15)16(14)9-12;1-2-4-5-3-1;1-3-2;;;/h3-7,9-10H,1-2,11H2;1-3H,4H2;1-2H3;2*1H;/q2*-1;;;;+2/p-2. The van der Waals surface area contributed by atoms with E-state index in [-0.39, 0.29) is 24.8 Å². The van der Waals surface area contributed by atoms with Gasteiger partial charge >= 0.3 is 41.3 Å². The molecule has 3 heteroatoms. The van der Waals surface area contributed by atoms with Crippen molar-refractivity contribution in [2.75, 3.05) is 0 Å². The predicted octanol–water partition coefficient (Wildman–Crippen LogP) is 0.403. The van der Waals surface area contributed by atoms with E-state index in [0.29, 0.717) is 0 Å². The Hall–Kier alpha value is -1.27. The van der Waals surface area contributed by atoms with E-state index >= 15 is 0 Å². The minimum Gasteiger partial charge on any atom is -1.00 e. The molecule has 0 aromatic heterocycles. The third kappa shape index (κ3) is 8.00. The molecule has 0 saturated heterocycles. The van der Waals surface area contributed by atoms with Crippen LogP contribution in [0.15, 0.2) is 61.7 Å². The van der Waals surface area contributed by atoms with Gasteiger partial charge in [-0.3, -0.25) is 6.08 Å². The third-order valence-corrected chi connectivity index (χ3v) is 3.90. The van der Waals surface area contributed by atoms with Crippen LogP contribution in [0.5, 0.6) is 0 Å². The van der Waals surface area contributed by atoms with E-state index in [1.807, 2.05) is 30.4 Å². The summed E-state index contributed by atoms with van der Waals surface area (Å²) in [7, 11) is 0. The van der Waals surface area contributed by atoms with E-state index in [4.69, 9.17) is 0 Å².